The Bertz CT molecular complexity index is 678. The number of imidazole rings is 1. The Morgan fingerprint density at radius 2 is 2.05 bits per heavy atom. The molecule has 96 valence electrons. The minimum Gasteiger partial charge on any atom is -0.349 e. The lowest BCUT2D eigenvalue weighted by Crippen LogP contribution is -2.23. The van der Waals surface area contributed by atoms with Crippen LogP contribution in [0.4, 0.5) is 5.82 Å². The van der Waals surface area contributed by atoms with E-state index in [4.69, 9.17) is 0 Å². The first-order valence-corrected chi connectivity index (χ1v) is 6.05. The first-order valence-electron chi connectivity index (χ1n) is 6.05. The average Bonchev–Trinajstić information content (AvgIpc) is 2.95. The van der Waals surface area contributed by atoms with Gasteiger partial charge in [-0.15, -0.1) is 0 Å². The molecule has 0 radical (unpaired) electrons. The summed E-state index contributed by atoms with van der Waals surface area (Å²) in [6.45, 7) is 2.09. The lowest BCUT2D eigenvalue weighted by atomic mass is 10.2. The third kappa shape index (κ3) is 2.01. The zero-order chi connectivity index (χ0) is 13.2. The van der Waals surface area contributed by atoms with E-state index < -0.39 is 0 Å². The van der Waals surface area contributed by atoms with Crippen LogP contribution in [0.5, 0.6) is 0 Å². The van der Waals surface area contributed by atoms with Crippen LogP contribution in [0.25, 0.3) is 11.2 Å². The fraction of sp³-hybridized carbons (Fsp3) is 0.231. The van der Waals surface area contributed by atoms with Crippen LogP contribution in [0.2, 0.25) is 0 Å². The molecule has 0 fully saturated rings. The summed E-state index contributed by atoms with van der Waals surface area (Å²) in [5, 5.41) is 0. The van der Waals surface area contributed by atoms with E-state index in [-0.39, 0.29) is 6.04 Å². The highest BCUT2D eigenvalue weighted by molar-refractivity contribution is 5.82. The summed E-state index contributed by atoms with van der Waals surface area (Å²) in [6, 6.07) is 6.02. The zero-order valence-electron chi connectivity index (χ0n) is 10.8. The summed E-state index contributed by atoms with van der Waals surface area (Å²) in [7, 11) is 1.99. The molecule has 3 heterocycles. The molecule has 6 nitrogen and oxygen atoms in total. The Balaban J connectivity index is 2.00. The molecule has 6 heteroatoms. The number of aromatic amines is 1. The second-order valence-corrected chi connectivity index (χ2v) is 4.34. The summed E-state index contributed by atoms with van der Waals surface area (Å²) in [6.07, 6.45) is 4.95. The quantitative estimate of drug-likeness (QED) is 0.773. The summed E-state index contributed by atoms with van der Waals surface area (Å²) in [4.78, 5) is 22.1. The number of fused-ring (bicyclic) bond motifs is 1. The highest BCUT2D eigenvalue weighted by Gasteiger charge is 2.17. The fourth-order valence-electron chi connectivity index (χ4n) is 2.02. The van der Waals surface area contributed by atoms with E-state index in [1.165, 1.54) is 6.33 Å². The van der Waals surface area contributed by atoms with Gasteiger partial charge in [0.25, 0.3) is 0 Å². The molecule has 0 amide bonds. The Morgan fingerprint density at radius 3 is 2.84 bits per heavy atom. The van der Waals surface area contributed by atoms with Gasteiger partial charge in [0, 0.05) is 13.2 Å². The maximum absolute atomic E-state index is 4.38. The van der Waals surface area contributed by atoms with Gasteiger partial charge in [-0.05, 0) is 19.1 Å². The van der Waals surface area contributed by atoms with Crippen molar-refractivity contribution in [2.45, 2.75) is 13.0 Å². The average molecular weight is 254 g/mol. The monoisotopic (exact) mass is 254 g/mol. The SMILES string of the molecule is CC(c1ccccn1)N(C)c1ncnc2nc[nH]c12. The number of anilines is 1. The molecule has 0 aromatic carbocycles. The standard InChI is InChI=1S/C13H14N6/c1-9(10-5-3-4-6-14-10)19(2)13-11-12(16-7-15-11)17-8-18-13/h3-9H,1-2H3,(H,15,16,17,18). The van der Waals surface area contributed by atoms with Crippen molar-refractivity contribution in [3.8, 4) is 0 Å². The molecule has 1 unspecified atom stereocenters. The van der Waals surface area contributed by atoms with Gasteiger partial charge < -0.3 is 9.88 Å². The zero-order valence-corrected chi connectivity index (χ0v) is 10.8. The van der Waals surface area contributed by atoms with E-state index in [1.807, 2.05) is 25.2 Å². The summed E-state index contributed by atoms with van der Waals surface area (Å²) in [5.74, 6) is 0.820. The van der Waals surface area contributed by atoms with Crippen LogP contribution in [0, 0.1) is 0 Å². The number of hydrogen-bond acceptors (Lipinski definition) is 5. The fourth-order valence-corrected chi connectivity index (χ4v) is 2.02. The van der Waals surface area contributed by atoms with Crippen molar-refractivity contribution in [1.29, 1.82) is 0 Å². The van der Waals surface area contributed by atoms with E-state index >= 15 is 0 Å². The van der Waals surface area contributed by atoms with Gasteiger partial charge in [0.15, 0.2) is 11.5 Å². The molecule has 0 saturated heterocycles. The minimum absolute atomic E-state index is 0.114. The molecule has 0 bridgehead atoms. The molecule has 3 aromatic rings. The molecule has 0 aliphatic rings. The molecule has 3 aromatic heterocycles. The van der Waals surface area contributed by atoms with Gasteiger partial charge in [-0.2, -0.15) is 0 Å². The topological polar surface area (TPSA) is 70.6 Å². The maximum Gasteiger partial charge on any atom is 0.182 e. The molecular weight excluding hydrogens is 240 g/mol. The van der Waals surface area contributed by atoms with Crippen LogP contribution in [-0.2, 0) is 0 Å². The van der Waals surface area contributed by atoms with Crippen LogP contribution < -0.4 is 4.90 Å². The first kappa shape index (κ1) is 11.6. The lowest BCUT2D eigenvalue weighted by molar-refractivity contribution is 0.706. The van der Waals surface area contributed by atoms with E-state index in [1.54, 1.807) is 12.5 Å². The number of nitrogens with one attached hydrogen (secondary N) is 1. The molecule has 0 aliphatic heterocycles. The number of aromatic nitrogens is 5. The highest BCUT2D eigenvalue weighted by atomic mass is 15.2. The van der Waals surface area contributed by atoms with Crippen LogP contribution in [0.3, 0.4) is 0 Å². The van der Waals surface area contributed by atoms with Crippen molar-refractivity contribution in [3.63, 3.8) is 0 Å². The van der Waals surface area contributed by atoms with Crippen molar-refractivity contribution in [1.82, 2.24) is 24.9 Å². The predicted molar refractivity (Wildman–Crippen MR) is 72.7 cm³/mol. The van der Waals surface area contributed by atoms with Crippen LogP contribution >= 0.6 is 0 Å². The Morgan fingerprint density at radius 1 is 1.16 bits per heavy atom. The molecule has 1 atom stereocenters. The largest absolute Gasteiger partial charge is 0.349 e. The second-order valence-electron chi connectivity index (χ2n) is 4.34. The van der Waals surface area contributed by atoms with Gasteiger partial charge in [-0.25, -0.2) is 15.0 Å². The van der Waals surface area contributed by atoms with Crippen LogP contribution in [0.15, 0.2) is 37.1 Å². The van der Waals surface area contributed by atoms with Gasteiger partial charge in [0.2, 0.25) is 0 Å². The summed E-state index contributed by atoms with van der Waals surface area (Å²) >= 11 is 0. The van der Waals surface area contributed by atoms with Gasteiger partial charge in [-0.1, -0.05) is 6.07 Å². The second kappa shape index (κ2) is 4.64. The number of hydrogen-bond donors (Lipinski definition) is 1. The van der Waals surface area contributed by atoms with Crippen LogP contribution in [0.1, 0.15) is 18.7 Å². The van der Waals surface area contributed by atoms with Crippen molar-refractivity contribution in [3.05, 3.63) is 42.7 Å². The minimum atomic E-state index is 0.114. The molecule has 0 spiro atoms. The van der Waals surface area contributed by atoms with E-state index in [9.17, 15) is 0 Å². The smallest absolute Gasteiger partial charge is 0.182 e. The van der Waals surface area contributed by atoms with Gasteiger partial charge >= 0.3 is 0 Å². The highest BCUT2D eigenvalue weighted by Crippen LogP contribution is 2.26. The predicted octanol–water partition coefficient (Wildman–Crippen LogP) is 1.95. The lowest BCUT2D eigenvalue weighted by Gasteiger charge is -2.25. The number of rotatable bonds is 3. The first-order chi connectivity index (χ1) is 9.27. The third-order valence-electron chi connectivity index (χ3n) is 3.23. The van der Waals surface area contributed by atoms with Crippen LogP contribution in [-0.4, -0.2) is 32.0 Å². The molecular formula is C13H14N6. The number of nitrogens with zero attached hydrogens (tertiary/aromatic N) is 5. The molecule has 0 aliphatic carbocycles. The van der Waals surface area contributed by atoms with Crippen molar-refractivity contribution < 1.29 is 0 Å². The van der Waals surface area contributed by atoms with Crippen molar-refractivity contribution in [2.75, 3.05) is 11.9 Å². The molecule has 3 rings (SSSR count). The van der Waals surface area contributed by atoms with Gasteiger partial charge in [0.1, 0.15) is 11.8 Å². The Labute approximate surface area is 110 Å². The maximum atomic E-state index is 4.38. The third-order valence-corrected chi connectivity index (χ3v) is 3.23. The number of H-pyrrole nitrogens is 1. The molecule has 19 heavy (non-hydrogen) atoms. The summed E-state index contributed by atoms with van der Waals surface area (Å²) in [5.41, 5.74) is 2.51. The molecule has 0 saturated carbocycles. The Hall–Kier alpha value is -2.50. The van der Waals surface area contributed by atoms with Gasteiger partial charge in [0.05, 0.1) is 18.1 Å². The van der Waals surface area contributed by atoms with Crippen molar-refractivity contribution >= 4 is 17.0 Å². The number of pyridine rings is 1. The van der Waals surface area contributed by atoms with Gasteiger partial charge in [-0.3, -0.25) is 4.98 Å². The summed E-state index contributed by atoms with van der Waals surface area (Å²) < 4.78 is 0. The van der Waals surface area contributed by atoms with E-state index in [0.29, 0.717) is 5.65 Å². The van der Waals surface area contributed by atoms with E-state index in [2.05, 4.69) is 36.7 Å². The molecule has 1 N–H and O–H groups in total. The van der Waals surface area contributed by atoms with E-state index in [0.717, 1.165) is 17.0 Å². The van der Waals surface area contributed by atoms with Crippen molar-refractivity contribution in [2.24, 2.45) is 0 Å². The normalized spacial score (nSPS) is 12.5. The Kier molecular flexibility index (Phi) is 2.83.